The summed E-state index contributed by atoms with van der Waals surface area (Å²) in [4.78, 5) is 12.4. The summed E-state index contributed by atoms with van der Waals surface area (Å²) in [5.74, 6) is 0.425. The van der Waals surface area contributed by atoms with Crippen LogP contribution in [-0.4, -0.2) is 11.1 Å². The molecule has 3 rings (SSSR count). The number of hydrogen-bond donors (Lipinski definition) is 1. The molecular formula is C24H25NO3. The van der Waals surface area contributed by atoms with Crippen molar-refractivity contribution in [1.82, 2.24) is 0 Å². The predicted octanol–water partition coefficient (Wildman–Crippen LogP) is 5.61. The second-order valence-electron chi connectivity index (χ2n) is 8.22. The monoisotopic (exact) mass is 375 g/mol. The third kappa shape index (κ3) is 2.79. The van der Waals surface area contributed by atoms with E-state index in [2.05, 4.69) is 6.07 Å². The van der Waals surface area contributed by atoms with Crippen LogP contribution in [0.5, 0.6) is 11.5 Å². The second kappa shape index (κ2) is 6.83. The predicted molar refractivity (Wildman–Crippen MR) is 108 cm³/mol. The molecule has 1 N–H and O–H groups in total. The van der Waals surface area contributed by atoms with Crippen molar-refractivity contribution in [3.05, 3.63) is 71.8 Å². The van der Waals surface area contributed by atoms with Crippen LogP contribution in [0.2, 0.25) is 0 Å². The minimum atomic E-state index is -1.18. The topological polar surface area (TPSA) is 70.3 Å². The van der Waals surface area contributed by atoms with E-state index in [1.807, 2.05) is 88.4 Å². The molecule has 2 aromatic carbocycles. The van der Waals surface area contributed by atoms with E-state index >= 15 is 0 Å². The number of hydrogen-bond acceptors (Lipinski definition) is 3. The highest BCUT2D eigenvalue weighted by Crippen LogP contribution is 2.80. The van der Waals surface area contributed by atoms with Crippen molar-refractivity contribution in [1.29, 1.82) is 5.26 Å². The molecule has 0 spiro atoms. The van der Waals surface area contributed by atoms with E-state index in [-0.39, 0.29) is 6.42 Å². The maximum atomic E-state index is 12.4. The van der Waals surface area contributed by atoms with Gasteiger partial charge in [-0.25, -0.2) is 0 Å². The summed E-state index contributed by atoms with van der Waals surface area (Å²) in [6, 6.07) is 19.2. The Hall–Kier alpha value is -3.06. The van der Waals surface area contributed by atoms with Gasteiger partial charge in [0.1, 0.15) is 16.9 Å². The summed E-state index contributed by atoms with van der Waals surface area (Å²) in [5.41, 5.74) is -1.13. The first kappa shape index (κ1) is 19.7. The first-order valence-corrected chi connectivity index (χ1v) is 9.33. The molecule has 144 valence electrons. The maximum absolute atomic E-state index is 12.4. The van der Waals surface area contributed by atoms with Crippen LogP contribution in [0, 0.1) is 27.6 Å². The van der Waals surface area contributed by atoms with Gasteiger partial charge in [0.05, 0.1) is 11.5 Å². The van der Waals surface area contributed by atoms with Gasteiger partial charge in [0.15, 0.2) is 0 Å². The van der Waals surface area contributed by atoms with Crippen molar-refractivity contribution in [3.63, 3.8) is 0 Å². The maximum Gasteiger partial charge on any atom is 0.312 e. The molecule has 4 nitrogen and oxygen atoms in total. The summed E-state index contributed by atoms with van der Waals surface area (Å²) in [5, 5.41) is 20.1. The summed E-state index contributed by atoms with van der Waals surface area (Å²) in [6.07, 6.45) is 2.09. The summed E-state index contributed by atoms with van der Waals surface area (Å²) < 4.78 is 5.88. The zero-order valence-electron chi connectivity index (χ0n) is 16.7. The Morgan fingerprint density at radius 2 is 1.75 bits per heavy atom. The lowest BCUT2D eigenvalue weighted by Gasteiger charge is -2.17. The van der Waals surface area contributed by atoms with Gasteiger partial charge in [-0.1, -0.05) is 55.8 Å². The number of rotatable bonds is 6. The minimum Gasteiger partial charge on any atom is -0.481 e. The van der Waals surface area contributed by atoms with Gasteiger partial charge in [0.2, 0.25) is 0 Å². The number of carboxylic acids is 1. The molecular weight excluding hydrogens is 350 g/mol. The third-order valence-electron chi connectivity index (χ3n) is 6.06. The van der Waals surface area contributed by atoms with Crippen LogP contribution < -0.4 is 4.74 Å². The molecule has 0 radical (unpaired) electrons. The number of ether oxygens (including phenoxy) is 1. The van der Waals surface area contributed by atoms with Crippen molar-refractivity contribution in [2.75, 3.05) is 0 Å². The van der Waals surface area contributed by atoms with E-state index < -0.39 is 22.2 Å². The largest absolute Gasteiger partial charge is 0.481 e. The Labute approximate surface area is 166 Å². The molecule has 1 fully saturated rings. The SMILES string of the molecule is CC(C)=CC1(C#N)C(C)(C)C1(Cc1cccc(Oc2ccccc2)c1)C(=O)O. The Balaban J connectivity index is 1.97. The number of para-hydroxylation sites is 1. The molecule has 0 aliphatic heterocycles. The number of carboxylic acid groups (broad SMARTS) is 1. The van der Waals surface area contributed by atoms with Gasteiger partial charge >= 0.3 is 5.97 Å². The van der Waals surface area contributed by atoms with Crippen molar-refractivity contribution >= 4 is 5.97 Å². The summed E-state index contributed by atoms with van der Waals surface area (Å²) in [7, 11) is 0. The quantitative estimate of drug-likeness (QED) is 0.666. The van der Waals surface area contributed by atoms with Crippen LogP contribution in [-0.2, 0) is 11.2 Å². The molecule has 4 heteroatoms. The summed E-state index contributed by atoms with van der Waals surface area (Å²) >= 11 is 0. The van der Waals surface area contributed by atoms with Gasteiger partial charge < -0.3 is 9.84 Å². The zero-order chi connectivity index (χ0) is 20.6. The zero-order valence-corrected chi connectivity index (χ0v) is 16.7. The van der Waals surface area contributed by atoms with Crippen molar-refractivity contribution < 1.29 is 14.6 Å². The van der Waals surface area contributed by atoms with Crippen molar-refractivity contribution in [2.24, 2.45) is 16.2 Å². The molecule has 1 aliphatic carbocycles. The highest BCUT2D eigenvalue weighted by atomic mass is 16.5. The fourth-order valence-electron chi connectivity index (χ4n) is 4.53. The molecule has 2 aromatic rings. The molecule has 0 saturated heterocycles. The number of aliphatic carboxylic acids is 1. The number of benzene rings is 2. The average Bonchev–Trinajstić information content (AvgIpc) is 3.05. The number of nitriles is 1. The van der Waals surface area contributed by atoms with Crippen molar-refractivity contribution in [2.45, 2.75) is 34.1 Å². The van der Waals surface area contributed by atoms with Gasteiger partial charge in [0.25, 0.3) is 0 Å². The third-order valence-corrected chi connectivity index (χ3v) is 6.06. The lowest BCUT2D eigenvalue weighted by atomic mass is 9.86. The average molecular weight is 375 g/mol. The smallest absolute Gasteiger partial charge is 0.312 e. The standard InChI is InChI=1S/C24H25NO3/c1-17(2)14-23(16-25)22(3,4)24(23,21(26)27)15-18-9-8-12-20(13-18)28-19-10-6-5-7-11-19/h5-14H,15H2,1-4H3,(H,26,27). The molecule has 2 atom stereocenters. The molecule has 0 heterocycles. The number of nitrogens with zero attached hydrogens (tertiary/aromatic N) is 1. The van der Waals surface area contributed by atoms with E-state index in [1.165, 1.54) is 0 Å². The Morgan fingerprint density at radius 1 is 1.11 bits per heavy atom. The van der Waals surface area contributed by atoms with Crippen molar-refractivity contribution in [3.8, 4) is 17.6 Å². The van der Waals surface area contributed by atoms with Gasteiger partial charge in [-0.2, -0.15) is 5.26 Å². The van der Waals surface area contributed by atoms with Crippen LogP contribution in [0.25, 0.3) is 0 Å². The normalized spacial score (nSPS) is 24.7. The molecule has 0 amide bonds. The van der Waals surface area contributed by atoms with E-state index in [9.17, 15) is 15.2 Å². The van der Waals surface area contributed by atoms with E-state index in [0.29, 0.717) is 5.75 Å². The van der Waals surface area contributed by atoms with Crippen LogP contribution in [0.1, 0.15) is 33.3 Å². The number of carbonyl (C=O) groups is 1. The molecule has 28 heavy (non-hydrogen) atoms. The minimum absolute atomic E-state index is 0.263. The molecule has 1 aliphatic rings. The Morgan fingerprint density at radius 3 is 2.32 bits per heavy atom. The lowest BCUT2D eigenvalue weighted by Crippen LogP contribution is -2.26. The molecule has 0 bridgehead atoms. The van der Waals surface area contributed by atoms with E-state index in [1.54, 1.807) is 0 Å². The van der Waals surface area contributed by atoms with Gasteiger partial charge in [0, 0.05) is 5.41 Å². The highest BCUT2D eigenvalue weighted by Gasteiger charge is 2.86. The van der Waals surface area contributed by atoms with E-state index in [0.717, 1.165) is 16.9 Å². The lowest BCUT2D eigenvalue weighted by molar-refractivity contribution is -0.145. The number of allylic oxidation sites excluding steroid dienone is 2. The molecule has 2 unspecified atom stereocenters. The first-order chi connectivity index (χ1) is 13.2. The Kier molecular flexibility index (Phi) is 4.81. The summed E-state index contributed by atoms with van der Waals surface area (Å²) in [6.45, 7) is 7.53. The van der Waals surface area contributed by atoms with Crippen LogP contribution in [0.4, 0.5) is 0 Å². The van der Waals surface area contributed by atoms with Crippen LogP contribution in [0.3, 0.4) is 0 Å². The van der Waals surface area contributed by atoms with Crippen LogP contribution >= 0.6 is 0 Å². The molecule has 1 saturated carbocycles. The van der Waals surface area contributed by atoms with Gasteiger partial charge in [-0.05, 0) is 50.1 Å². The fourth-order valence-corrected chi connectivity index (χ4v) is 4.53. The van der Waals surface area contributed by atoms with Gasteiger partial charge in [-0.15, -0.1) is 0 Å². The fraction of sp³-hybridized carbons (Fsp3) is 0.333. The first-order valence-electron chi connectivity index (χ1n) is 9.33. The van der Waals surface area contributed by atoms with E-state index in [4.69, 9.17) is 4.74 Å². The molecule has 0 aromatic heterocycles. The highest BCUT2D eigenvalue weighted by molar-refractivity contribution is 5.85. The van der Waals surface area contributed by atoms with Crippen LogP contribution in [0.15, 0.2) is 66.2 Å². The van der Waals surface area contributed by atoms with Gasteiger partial charge in [-0.3, -0.25) is 4.79 Å². The Bertz CT molecular complexity index is 967. The second-order valence-corrected chi connectivity index (χ2v) is 8.22.